The molecule has 158 valence electrons. The molecule has 2 aromatic heterocycles. The molecule has 0 aliphatic carbocycles. The van der Waals surface area contributed by atoms with E-state index in [0.29, 0.717) is 37.3 Å². The van der Waals surface area contributed by atoms with Gasteiger partial charge in [0.2, 0.25) is 11.8 Å². The number of rotatable bonds is 3. The Labute approximate surface area is 164 Å². The van der Waals surface area contributed by atoms with Crippen LogP contribution in [0.3, 0.4) is 0 Å². The van der Waals surface area contributed by atoms with Gasteiger partial charge in [-0.25, -0.2) is 0 Å². The molecule has 29 heavy (non-hydrogen) atoms. The van der Waals surface area contributed by atoms with Gasteiger partial charge < -0.3 is 19.1 Å². The molecule has 2 aliphatic heterocycles. The van der Waals surface area contributed by atoms with Crippen molar-refractivity contribution in [3.8, 4) is 0 Å². The van der Waals surface area contributed by atoms with Gasteiger partial charge in [-0.3, -0.25) is 9.36 Å². The van der Waals surface area contributed by atoms with Gasteiger partial charge in [-0.05, 0) is 13.3 Å². The van der Waals surface area contributed by atoms with Crippen LogP contribution in [0.4, 0.5) is 24.9 Å². The second-order valence-electron chi connectivity index (χ2n) is 7.24. The molecule has 4 rings (SSSR count). The number of ether oxygens (including phenoxy) is 1. The number of anilines is 2. The van der Waals surface area contributed by atoms with Crippen molar-refractivity contribution in [2.45, 2.75) is 45.1 Å². The van der Waals surface area contributed by atoms with E-state index in [0.717, 1.165) is 4.57 Å². The highest BCUT2D eigenvalue weighted by molar-refractivity contribution is 5.47. The van der Waals surface area contributed by atoms with Crippen molar-refractivity contribution in [1.29, 1.82) is 0 Å². The SMILES string of the molecule is Cc1nc(CN2CCC(C(F)(F)F)n3c2nc(N2CCOC[C@H]2C)cc3=O)no1. The minimum Gasteiger partial charge on any atom is -0.377 e. The Morgan fingerprint density at radius 2 is 2.07 bits per heavy atom. The summed E-state index contributed by atoms with van der Waals surface area (Å²) in [6.45, 7) is 5.11. The van der Waals surface area contributed by atoms with Crippen LogP contribution in [0.25, 0.3) is 0 Å². The third-order valence-electron chi connectivity index (χ3n) is 5.13. The number of fused-ring (bicyclic) bond motifs is 1. The average molecular weight is 414 g/mol. The molecule has 0 radical (unpaired) electrons. The predicted octanol–water partition coefficient (Wildman–Crippen LogP) is 1.67. The number of hydrogen-bond acceptors (Lipinski definition) is 8. The standard InChI is InChI=1S/C17H21F3N6O3/c1-10-9-28-6-5-25(10)14-7-15(27)26-12(17(18,19)20)3-4-24(16(26)22-14)8-13-21-11(2)29-23-13/h7,10,12H,3-6,8-9H2,1-2H3/t10-,12?/m1/s1. The fourth-order valence-corrected chi connectivity index (χ4v) is 3.74. The molecule has 12 heteroatoms. The average Bonchev–Trinajstić information content (AvgIpc) is 3.06. The molecule has 2 aliphatic rings. The van der Waals surface area contributed by atoms with Gasteiger partial charge in [0.1, 0.15) is 11.9 Å². The molecule has 9 nitrogen and oxygen atoms in total. The Morgan fingerprint density at radius 1 is 1.28 bits per heavy atom. The largest absolute Gasteiger partial charge is 0.409 e. The zero-order chi connectivity index (χ0) is 20.8. The molecule has 0 saturated carbocycles. The summed E-state index contributed by atoms with van der Waals surface area (Å²) in [7, 11) is 0. The second-order valence-corrected chi connectivity index (χ2v) is 7.24. The normalized spacial score (nSPS) is 22.7. The topological polar surface area (TPSA) is 89.5 Å². The van der Waals surface area contributed by atoms with Gasteiger partial charge in [0.15, 0.2) is 5.82 Å². The smallest absolute Gasteiger partial charge is 0.377 e. The first-order valence-electron chi connectivity index (χ1n) is 9.33. The van der Waals surface area contributed by atoms with Crippen LogP contribution < -0.4 is 15.4 Å². The zero-order valence-electron chi connectivity index (χ0n) is 16.0. The van der Waals surface area contributed by atoms with E-state index < -0.39 is 17.8 Å². The molecule has 2 atom stereocenters. The Kier molecular flexibility index (Phi) is 4.97. The van der Waals surface area contributed by atoms with E-state index in [4.69, 9.17) is 9.26 Å². The minimum absolute atomic E-state index is 0.0396. The van der Waals surface area contributed by atoms with E-state index >= 15 is 0 Å². The lowest BCUT2D eigenvalue weighted by Gasteiger charge is -2.38. The molecule has 1 unspecified atom stereocenters. The van der Waals surface area contributed by atoms with Crippen LogP contribution in [0.15, 0.2) is 15.4 Å². The fourth-order valence-electron chi connectivity index (χ4n) is 3.74. The lowest BCUT2D eigenvalue weighted by atomic mass is 10.1. The van der Waals surface area contributed by atoms with Crippen molar-refractivity contribution in [3.05, 3.63) is 28.1 Å². The number of alkyl halides is 3. The molecule has 0 amide bonds. The molecule has 0 bridgehead atoms. The molecule has 0 spiro atoms. The van der Waals surface area contributed by atoms with Crippen LogP contribution in [-0.4, -0.2) is 58.2 Å². The van der Waals surface area contributed by atoms with Crippen LogP contribution in [0, 0.1) is 6.92 Å². The first kappa shape index (κ1) is 19.7. The zero-order valence-corrected chi connectivity index (χ0v) is 16.0. The summed E-state index contributed by atoms with van der Waals surface area (Å²) in [5, 5.41) is 3.81. The first-order valence-corrected chi connectivity index (χ1v) is 9.33. The summed E-state index contributed by atoms with van der Waals surface area (Å²) in [6, 6.07) is -0.794. The van der Waals surface area contributed by atoms with E-state index in [1.807, 2.05) is 11.8 Å². The quantitative estimate of drug-likeness (QED) is 0.750. The number of aryl methyl sites for hydroxylation is 1. The summed E-state index contributed by atoms with van der Waals surface area (Å²) in [6.07, 6.45) is -4.81. The highest BCUT2D eigenvalue weighted by atomic mass is 19.4. The second kappa shape index (κ2) is 7.32. The van der Waals surface area contributed by atoms with E-state index in [1.54, 1.807) is 11.8 Å². The van der Waals surface area contributed by atoms with Crippen molar-refractivity contribution in [2.75, 3.05) is 36.1 Å². The Morgan fingerprint density at radius 3 is 2.72 bits per heavy atom. The van der Waals surface area contributed by atoms with Gasteiger partial charge in [0, 0.05) is 26.1 Å². The lowest BCUT2D eigenvalue weighted by molar-refractivity contribution is -0.171. The van der Waals surface area contributed by atoms with E-state index in [9.17, 15) is 18.0 Å². The summed E-state index contributed by atoms with van der Waals surface area (Å²) in [4.78, 5) is 24.8. The number of nitrogens with zero attached hydrogens (tertiary/aromatic N) is 6. The van der Waals surface area contributed by atoms with Crippen molar-refractivity contribution in [3.63, 3.8) is 0 Å². The monoisotopic (exact) mass is 414 g/mol. The Hall–Kier alpha value is -2.63. The molecule has 4 heterocycles. The van der Waals surface area contributed by atoms with Crippen molar-refractivity contribution < 1.29 is 22.4 Å². The summed E-state index contributed by atoms with van der Waals surface area (Å²) in [5.74, 6) is 0.974. The number of aromatic nitrogens is 4. The molecular weight excluding hydrogens is 393 g/mol. The van der Waals surface area contributed by atoms with Crippen LogP contribution in [-0.2, 0) is 11.3 Å². The third kappa shape index (κ3) is 3.80. The molecule has 1 fully saturated rings. The third-order valence-corrected chi connectivity index (χ3v) is 5.13. The predicted molar refractivity (Wildman–Crippen MR) is 95.9 cm³/mol. The first-order chi connectivity index (χ1) is 13.7. The van der Waals surface area contributed by atoms with Crippen molar-refractivity contribution >= 4 is 11.8 Å². The number of halogens is 3. The van der Waals surface area contributed by atoms with Gasteiger partial charge in [0.05, 0.1) is 25.8 Å². The van der Waals surface area contributed by atoms with Gasteiger partial charge in [0.25, 0.3) is 5.56 Å². The molecular formula is C17H21F3N6O3. The molecule has 0 N–H and O–H groups in total. The lowest BCUT2D eigenvalue weighted by Crippen LogP contribution is -2.48. The maximum absolute atomic E-state index is 13.6. The maximum Gasteiger partial charge on any atom is 0.409 e. The summed E-state index contributed by atoms with van der Waals surface area (Å²) < 4.78 is 51.9. The summed E-state index contributed by atoms with van der Waals surface area (Å²) >= 11 is 0. The number of morpholine rings is 1. The van der Waals surface area contributed by atoms with E-state index in [-0.39, 0.29) is 31.5 Å². The van der Waals surface area contributed by atoms with Gasteiger partial charge in [-0.15, -0.1) is 0 Å². The van der Waals surface area contributed by atoms with E-state index in [2.05, 4.69) is 15.1 Å². The van der Waals surface area contributed by atoms with Crippen molar-refractivity contribution in [1.82, 2.24) is 19.7 Å². The van der Waals surface area contributed by atoms with Crippen LogP contribution in [0.2, 0.25) is 0 Å². The van der Waals surface area contributed by atoms with Crippen LogP contribution >= 0.6 is 0 Å². The van der Waals surface area contributed by atoms with Gasteiger partial charge in [-0.1, -0.05) is 5.16 Å². The molecule has 2 aromatic rings. The van der Waals surface area contributed by atoms with Crippen molar-refractivity contribution in [2.24, 2.45) is 0 Å². The van der Waals surface area contributed by atoms with Crippen LogP contribution in [0.1, 0.15) is 31.1 Å². The highest BCUT2D eigenvalue weighted by Gasteiger charge is 2.46. The number of hydrogen-bond donors (Lipinski definition) is 0. The highest BCUT2D eigenvalue weighted by Crippen LogP contribution is 2.38. The molecule has 1 saturated heterocycles. The van der Waals surface area contributed by atoms with Gasteiger partial charge in [-0.2, -0.15) is 23.1 Å². The maximum atomic E-state index is 13.6. The molecule has 0 aromatic carbocycles. The van der Waals surface area contributed by atoms with Crippen LogP contribution in [0.5, 0.6) is 0 Å². The Balaban J connectivity index is 1.78. The van der Waals surface area contributed by atoms with Gasteiger partial charge >= 0.3 is 6.18 Å². The minimum atomic E-state index is -4.55. The fraction of sp³-hybridized carbons (Fsp3) is 0.647. The summed E-state index contributed by atoms with van der Waals surface area (Å²) in [5.41, 5.74) is -0.736. The Bertz CT molecular complexity index is 943. The van der Waals surface area contributed by atoms with E-state index in [1.165, 1.54) is 6.07 Å².